The van der Waals surface area contributed by atoms with E-state index in [1.165, 1.54) is 19.2 Å². The Morgan fingerprint density at radius 2 is 2.05 bits per heavy atom. The van der Waals surface area contributed by atoms with Gasteiger partial charge in [-0.3, -0.25) is 0 Å². The zero-order valence-electron chi connectivity index (χ0n) is 12.0. The van der Waals surface area contributed by atoms with Gasteiger partial charge >= 0.3 is 0 Å². The van der Waals surface area contributed by atoms with E-state index in [0.29, 0.717) is 45.4 Å². The highest BCUT2D eigenvalue weighted by Gasteiger charge is 2.19. The van der Waals surface area contributed by atoms with Gasteiger partial charge in [0.25, 0.3) is 0 Å². The maximum Gasteiger partial charge on any atom is 0.189 e. The van der Waals surface area contributed by atoms with Crippen LogP contribution in [0.1, 0.15) is 6.92 Å². The fraction of sp³-hybridized carbons (Fsp3) is 0.188. The van der Waals surface area contributed by atoms with E-state index in [1.54, 1.807) is 18.2 Å². The molecule has 0 unspecified atom stereocenters. The zero-order chi connectivity index (χ0) is 15.7. The molecule has 2 aromatic carbocycles. The van der Waals surface area contributed by atoms with E-state index < -0.39 is 0 Å². The van der Waals surface area contributed by atoms with E-state index in [2.05, 4.69) is 5.16 Å². The Morgan fingerprint density at radius 3 is 2.77 bits per heavy atom. The Hall–Kier alpha value is -2.27. The molecule has 1 aromatic heterocycles. The highest BCUT2D eigenvalue weighted by molar-refractivity contribution is 6.36. The number of ether oxygens (including phenoxy) is 2. The fourth-order valence-electron chi connectivity index (χ4n) is 2.27. The first kappa shape index (κ1) is 14.7. The van der Waals surface area contributed by atoms with Crippen LogP contribution < -0.4 is 9.47 Å². The van der Waals surface area contributed by atoms with Gasteiger partial charge in [0.15, 0.2) is 5.58 Å². The molecule has 0 N–H and O–H groups in total. The van der Waals surface area contributed by atoms with Crippen LogP contribution in [0.15, 0.2) is 34.9 Å². The van der Waals surface area contributed by atoms with Crippen molar-refractivity contribution in [1.82, 2.24) is 5.16 Å². The third-order valence-corrected chi connectivity index (χ3v) is 3.62. The lowest BCUT2D eigenvalue weighted by molar-refractivity contribution is 0.339. The summed E-state index contributed by atoms with van der Waals surface area (Å²) in [7, 11) is 1.53. The van der Waals surface area contributed by atoms with Crippen molar-refractivity contribution in [3.63, 3.8) is 0 Å². The first-order chi connectivity index (χ1) is 10.7. The maximum absolute atomic E-state index is 13.4. The molecule has 0 fully saturated rings. The summed E-state index contributed by atoms with van der Waals surface area (Å²) in [6.07, 6.45) is 0. The van der Waals surface area contributed by atoms with Crippen LogP contribution in [0.25, 0.3) is 22.2 Å². The van der Waals surface area contributed by atoms with E-state index in [9.17, 15) is 4.39 Å². The average molecular weight is 322 g/mol. The van der Waals surface area contributed by atoms with Gasteiger partial charge in [0.1, 0.15) is 28.0 Å². The van der Waals surface area contributed by atoms with Crippen LogP contribution in [0.5, 0.6) is 11.5 Å². The quantitative estimate of drug-likeness (QED) is 0.699. The second-order valence-electron chi connectivity index (χ2n) is 4.56. The number of benzene rings is 2. The molecule has 6 heteroatoms. The molecular weight excluding hydrogens is 309 g/mol. The summed E-state index contributed by atoms with van der Waals surface area (Å²) in [5.74, 6) is 0.533. The van der Waals surface area contributed by atoms with Crippen LogP contribution in [0, 0.1) is 5.82 Å². The highest BCUT2D eigenvalue weighted by Crippen LogP contribution is 2.40. The van der Waals surface area contributed by atoms with Crippen molar-refractivity contribution >= 4 is 22.6 Å². The number of aromatic nitrogens is 1. The summed E-state index contributed by atoms with van der Waals surface area (Å²) in [6.45, 7) is 2.25. The van der Waals surface area contributed by atoms with Crippen molar-refractivity contribution in [2.75, 3.05) is 13.7 Å². The zero-order valence-corrected chi connectivity index (χ0v) is 12.8. The molecule has 3 aromatic rings. The predicted octanol–water partition coefficient (Wildman–Crippen LogP) is 4.69. The summed E-state index contributed by atoms with van der Waals surface area (Å²) >= 11 is 6.22. The molecule has 22 heavy (non-hydrogen) atoms. The van der Waals surface area contributed by atoms with Crippen molar-refractivity contribution in [2.45, 2.75) is 6.92 Å². The van der Waals surface area contributed by atoms with E-state index in [1.807, 2.05) is 6.92 Å². The molecule has 0 saturated carbocycles. The van der Waals surface area contributed by atoms with Gasteiger partial charge in [-0.05, 0) is 31.2 Å². The van der Waals surface area contributed by atoms with Crippen LogP contribution in [-0.4, -0.2) is 18.9 Å². The normalized spacial score (nSPS) is 10.9. The molecule has 0 spiro atoms. The Balaban J connectivity index is 2.21. The van der Waals surface area contributed by atoms with E-state index >= 15 is 0 Å². The minimum absolute atomic E-state index is 0.346. The molecule has 0 saturated heterocycles. The lowest BCUT2D eigenvalue weighted by Gasteiger charge is -2.08. The van der Waals surface area contributed by atoms with Gasteiger partial charge in [-0.25, -0.2) is 4.39 Å². The summed E-state index contributed by atoms with van der Waals surface area (Å²) in [6, 6.07) is 7.81. The van der Waals surface area contributed by atoms with Gasteiger partial charge in [-0.2, -0.15) is 0 Å². The number of nitrogens with zero attached hydrogens (tertiary/aromatic N) is 1. The Morgan fingerprint density at radius 1 is 1.23 bits per heavy atom. The summed E-state index contributed by atoms with van der Waals surface area (Å²) in [4.78, 5) is 0. The molecule has 1 heterocycles. The van der Waals surface area contributed by atoms with Gasteiger partial charge in [-0.1, -0.05) is 16.8 Å². The van der Waals surface area contributed by atoms with Crippen molar-refractivity contribution in [2.24, 2.45) is 0 Å². The SMILES string of the molecule is CCOc1cc(F)ccc1-c1noc2c(Cl)c(OC)ccc12. The van der Waals surface area contributed by atoms with Gasteiger partial charge in [0.2, 0.25) is 0 Å². The van der Waals surface area contributed by atoms with Crippen molar-refractivity contribution in [3.05, 3.63) is 41.2 Å². The Bertz CT molecular complexity index is 832. The number of fused-ring (bicyclic) bond motifs is 1. The van der Waals surface area contributed by atoms with E-state index in [4.69, 9.17) is 25.6 Å². The monoisotopic (exact) mass is 321 g/mol. The first-order valence-electron chi connectivity index (χ1n) is 6.70. The lowest BCUT2D eigenvalue weighted by atomic mass is 10.1. The average Bonchev–Trinajstić information content (AvgIpc) is 2.93. The molecule has 0 amide bonds. The minimum Gasteiger partial charge on any atom is -0.495 e. The molecule has 0 aliphatic carbocycles. The maximum atomic E-state index is 13.4. The lowest BCUT2D eigenvalue weighted by Crippen LogP contribution is -1.95. The largest absolute Gasteiger partial charge is 0.495 e. The molecule has 3 rings (SSSR count). The Kier molecular flexibility index (Phi) is 3.90. The van der Waals surface area contributed by atoms with Crippen LogP contribution in [0.3, 0.4) is 0 Å². The third-order valence-electron chi connectivity index (χ3n) is 3.26. The molecule has 0 atom stereocenters. The summed E-state index contributed by atoms with van der Waals surface area (Å²) < 4.78 is 29.4. The van der Waals surface area contributed by atoms with Gasteiger partial charge in [-0.15, -0.1) is 0 Å². The number of methoxy groups -OCH3 is 1. The topological polar surface area (TPSA) is 44.5 Å². The summed E-state index contributed by atoms with van der Waals surface area (Å²) in [5, 5.41) is 5.11. The van der Waals surface area contributed by atoms with Crippen LogP contribution in [0.4, 0.5) is 4.39 Å². The third kappa shape index (κ3) is 2.37. The van der Waals surface area contributed by atoms with E-state index in [-0.39, 0.29) is 5.82 Å². The van der Waals surface area contributed by atoms with Gasteiger partial charge in [0, 0.05) is 11.6 Å². The minimum atomic E-state index is -0.375. The number of halogens is 2. The van der Waals surface area contributed by atoms with Gasteiger partial charge in [0.05, 0.1) is 19.1 Å². The number of hydrogen-bond acceptors (Lipinski definition) is 4. The second kappa shape index (κ2) is 5.85. The molecule has 0 aliphatic heterocycles. The van der Waals surface area contributed by atoms with Crippen molar-refractivity contribution < 1.29 is 18.4 Å². The molecule has 0 aliphatic rings. The van der Waals surface area contributed by atoms with E-state index in [0.717, 1.165) is 0 Å². The summed E-state index contributed by atoms with van der Waals surface area (Å²) in [5.41, 5.74) is 1.61. The number of hydrogen-bond donors (Lipinski definition) is 0. The standard InChI is InChI=1S/C16H13ClFNO3/c1-3-21-13-8-9(18)4-5-10(13)15-11-6-7-12(20-2)14(17)16(11)22-19-15/h4-8H,3H2,1-2H3. The molecule has 114 valence electrons. The fourth-order valence-corrected chi connectivity index (χ4v) is 2.55. The van der Waals surface area contributed by atoms with Crippen LogP contribution in [-0.2, 0) is 0 Å². The van der Waals surface area contributed by atoms with Crippen LogP contribution in [0.2, 0.25) is 5.02 Å². The highest BCUT2D eigenvalue weighted by atomic mass is 35.5. The number of rotatable bonds is 4. The molecule has 4 nitrogen and oxygen atoms in total. The smallest absolute Gasteiger partial charge is 0.189 e. The molecular formula is C16H13ClFNO3. The van der Waals surface area contributed by atoms with Crippen molar-refractivity contribution in [1.29, 1.82) is 0 Å². The molecule has 0 bridgehead atoms. The predicted molar refractivity (Wildman–Crippen MR) is 82.1 cm³/mol. The molecule has 0 radical (unpaired) electrons. The second-order valence-corrected chi connectivity index (χ2v) is 4.94. The van der Waals surface area contributed by atoms with Gasteiger partial charge < -0.3 is 14.0 Å². The Labute approximate surface area is 131 Å². The van der Waals surface area contributed by atoms with Crippen molar-refractivity contribution in [3.8, 4) is 22.8 Å². The first-order valence-corrected chi connectivity index (χ1v) is 7.08. The van der Waals surface area contributed by atoms with Crippen LogP contribution >= 0.6 is 11.6 Å².